The molecule has 2 aromatic heterocycles. The number of methoxy groups -OCH3 is 1. The number of hydrogen-bond donors (Lipinski definition) is 2. The molecule has 2 aromatic rings. The number of halogens is 1. The minimum atomic E-state index is -0.653. The van der Waals surface area contributed by atoms with Crippen LogP contribution in [-0.2, 0) is 9.47 Å². The number of rotatable bonds is 4. The molecule has 0 radical (unpaired) electrons. The number of nitrogens with one attached hydrogen (secondary N) is 1. The quantitative estimate of drug-likeness (QED) is 0.615. The molecule has 154 valence electrons. The second-order valence-electron chi connectivity index (χ2n) is 7.61. The van der Waals surface area contributed by atoms with Crippen molar-refractivity contribution < 1.29 is 24.1 Å². The maximum Gasteiger partial charge on any atom is 0.414 e. The summed E-state index contributed by atoms with van der Waals surface area (Å²) in [6.07, 6.45) is 1.29. The third-order valence-corrected chi connectivity index (χ3v) is 5.13. The van der Waals surface area contributed by atoms with Gasteiger partial charge in [0.1, 0.15) is 11.8 Å². The van der Waals surface area contributed by atoms with Crippen LogP contribution in [0, 0.1) is 3.57 Å². The average Bonchev–Trinajstić information content (AvgIpc) is 3.12. The van der Waals surface area contributed by atoms with Gasteiger partial charge in [0.25, 0.3) is 0 Å². The van der Waals surface area contributed by atoms with Crippen LogP contribution in [0.1, 0.15) is 46.8 Å². The maximum atomic E-state index is 12.1. The molecule has 9 nitrogen and oxygen atoms in total. The molecule has 0 bridgehead atoms. The highest BCUT2D eigenvalue weighted by atomic mass is 127. The Bertz CT molecular complexity index is 879. The number of amides is 1. The van der Waals surface area contributed by atoms with Crippen molar-refractivity contribution in [3.05, 3.63) is 9.77 Å². The Morgan fingerprint density at radius 2 is 2.18 bits per heavy atom. The lowest BCUT2D eigenvalue weighted by Crippen LogP contribution is -2.28. The van der Waals surface area contributed by atoms with Crippen LogP contribution in [0.25, 0.3) is 11.0 Å². The summed E-state index contributed by atoms with van der Waals surface area (Å²) >= 11 is 2.18. The lowest BCUT2D eigenvalue weighted by atomic mass is 10.1. The van der Waals surface area contributed by atoms with Crippen molar-refractivity contribution >= 4 is 45.7 Å². The second kappa shape index (κ2) is 7.99. The molecule has 0 aliphatic carbocycles. The van der Waals surface area contributed by atoms with Gasteiger partial charge >= 0.3 is 6.09 Å². The first-order chi connectivity index (χ1) is 13.1. The Morgan fingerprint density at radius 1 is 1.46 bits per heavy atom. The third-order valence-electron chi connectivity index (χ3n) is 4.32. The molecule has 0 saturated carbocycles. The molecule has 1 amide bonds. The van der Waals surface area contributed by atoms with Crippen LogP contribution in [0.2, 0.25) is 0 Å². The summed E-state index contributed by atoms with van der Waals surface area (Å²) in [5.74, 6) is 0.407. The van der Waals surface area contributed by atoms with Crippen LogP contribution in [0.15, 0.2) is 6.20 Å². The molecule has 2 N–H and O–H groups in total. The molecule has 1 aliphatic heterocycles. The van der Waals surface area contributed by atoms with E-state index in [1.807, 2.05) is 17.7 Å². The first kappa shape index (κ1) is 21.1. The van der Waals surface area contributed by atoms with E-state index in [-0.39, 0.29) is 18.3 Å². The van der Waals surface area contributed by atoms with Gasteiger partial charge in [-0.05, 0) is 49.8 Å². The van der Waals surface area contributed by atoms with Crippen molar-refractivity contribution in [2.24, 2.45) is 0 Å². The van der Waals surface area contributed by atoms with Crippen LogP contribution >= 0.6 is 22.6 Å². The third kappa shape index (κ3) is 4.33. The minimum Gasteiger partial charge on any atom is -0.480 e. The number of nitrogens with zero attached hydrogens (tertiary/aromatic N) is 3. The predicted molar refractivity (Wildman–Crippen MR) is 111 cm³/mol. The molecular formula is C18H25IN4O5. The van der Waals surface area contributed by atoms with Crippen molar-refractivity contribution in [2.75, 3.05) is 12.4 Å². The normalized spacial score (nSPS) is 22.5. The van der Waals surface area contributed by atoms with Gasteiger partial charge in [0.05, 0.1) is 24.7 Å². The molecule has 0 unspecified atom stereocenters. The predicted octanol–water partition coefficient (Wildman–Crippen LogP) is 3.45. The second-order valence-corrected chi connectivity index (χ2v) is 8.77. The van der Waals surface area contributed by atoms with E-state index < -0.39 is 17.8 Å². The fraction of sp³-hybridized carbons (Fsp3) is 0.611. The van der Waals surface area contributed by atoms with Crippen molar-refractivity contribution in [2.45, 2.75) is 64.6 Å². The Balaban J connectivity index is 1.99. The SMILES string of the molecule is CC[C@H]1O[C@@H](n2cc(I)c3c(OC)nc(NC(=O)OC(C)(C)C)nc32)C[C@H]1O. The Kier molecular flexibility index (Phi) is 6.01. The lowest BCUT2D eigenvalue weighted by Gasteiger charge is -2.19. The van der Waals surface area contributed by atoms with Crippen LogP contribution in [0.3, 0.4) is 0 Å². The highest BCUT2D eigenvalue weighted by Gasteiger charge is 2.35. The smallest absolute Gasteiger partial charge is 0.414 e. The Hall–Kier alpha value is -1.66. The highest BCUT2D eigenvalue weighted by molar-refractivity contribution is 14.1. The average molecular weight is 504 g/mol. The molecule has 0 aromatic carbocycles. The number of carbonyl (C=O) groups excluding carboxylic acids is 1. The lowest BCUT2D eigenvalue weighted by molar-refractivity contribution is -0.0181. The molecule has 10 heteroatoms. The molecule has 3 heterocycles. The largest absolute Gasteiger partial charge is 0.480 e. The first-order valence-corrected chi connectivity index (χ1v) is 10.2. The van der Waals surface area contributed by atoms with Gasteiger partial charge in [-0.2, -0.15) is 9.97 Å². The summed E-state index contributed by atoms with van der Waals surface area (Å²) in [7, 11) is 1.51. The number of anilines is 1. The van der Waals surface area contributed by atoms with Gasteiger partial charge in [-0.15, -0.1) is 0 Å². The van der Waals surface area contributed by atoms with Crippen LogP contribution < -0.4 is 10.1 Å². The van der Waals surface area contributed by atoms with Gasteiger partial charge in [-0.3, -0.25) is 5.32 Å². The number of aromatic nitrogens is 3. The zero-order valence-corrected chi connectivity index (χ0v) is 18.7. The van der Waals surface area contributed by atoms with Crippen molar-refractivity contribution in [3.8, 4) is 5.88 Å². The Morgan fingerprint density at radius 3 is 2.75 bits per heavy atom. The summed E-state index contributed by atoms with van der Waals surface area (Å²) in [5.41, 5.74) is -0.0899. The van der Waals surface area contributed by atoms with Gasteiger partial charge in [0.15, 0.2) is 5.65 Å². The number of carbonyl (C=O) groups is 1. The summed E-state index contributed by atoms with van der Waals surface area (Å²) in [6.45, 7) is 7.30. The fourth-order valence-electron chi connectivity index (χ4n) is 3.14. The molecule has 3 atom stereocenters. The van der Waals surface area contributed by atoms with E-state index in [9.17, 15) is 9.90 Å². The van der Waals surface area contributed by atoms with E-state index in [0.29, 0.717) is 17.9 Å². The van der Waals surface area contributed by atoms with Gasteiger partial charge < -0.3 is 23.9 Å². The summed E-state index contributed by atoms with van der Waals surface area (Å²) in [6, 6.07) is 0. The zero-order valence-electron chi connectivity index (χ0n) is 16.5. The number of fused-ring (bicyclic) bond motifs is 1. The van der Waals surface area contributed by atoms with Crippen molar-refractivity contribution in [3.63, 3.8) is 0 Å². The van der Waals surface area contributed by atoms with Gasteiger partial charge in [0, 0.05) is 16.2 Å². The van der Waals surface area contributed by atoms with E-state index in [2.05, 4.69) is 37.9 Å². The molecule has 1 saturated heterocycles. The number of ether oxygens (including phenoxy) is 3. The molecule has 28 heavy (non-hydrogen) atoms. The van der Waals surface area contributed by atoms with Crippen molar-refractivity contribution in [1.82, 2.24) is 14.5 Å². The van der Waals surface area contributed by atoms with Gasteiger partial charge in [-0.1, -0.05) is 6.92 Å². The van der Waals surface area contributed by atoms with E-state index in [4.69, 9.17) is 14.2 Å². The van der Waals surface area contributed by atoms with Crippen LogP contribution in [-0.4, -0.2) is 50.7 Å². The van der Waals surface area contributed by atoms with E-state index in [1.54, 1.807) is 20.8 Å². The standard InChI is InChI=1S/C18H25IN4O5/c1-6-11-10(24)7-12(27-11)23-8-9(19)13-14(23)20-16(21-15(13)26-5)22-17(25)28-18(2,3)4/h8,10-12,24H,6-7H2,1-5H3,(H,20,21,22,25)/t10-,11-,12-/m1/s1. The van der Waals surface area contributed by atoms with E-state index in [1.165, 1.54) is 7.11 Å². The monoisotopic (exact) mass is 504 g/mol. The molecule has 1 fully saturated rings. The Labute approximate surface area is 176 Å². The zero-order chi connectivity index (χ0) is 20.6. The highest BCUT2D eigenvalue weighted by Crippen LogP contribution is 2.37. The fourth-order valence-corrected chi connectivity index (χ4v) is 3.92. The summed E-state index contributed by atoms with van der Waals surface area (Å²) in [4.78, 5) is 20.9. The summed E-state index contributed by atoms with van der Waals surface area (Å²) < 4.78 is 19.4. The molecule has 3 rings (SSSR count). The first-order valence-electron chi connectivity index (χ1n) is 9.08. The molecule has 1 aliphatic rings. The van der Waals surface area contributed by atoms with Crippen LogP contribution in [0.4, 0.5) is 10.7 Å². The number of aliphatic hydroxyl groups excluding tert-OH is 1. The van der Waals surface area contributed by atoms with Gasteiger partial charge in [-0.25, -0.2) is 4.79 Å². The molecule has 0 spiro atoms. The topological polar surface area (TPSA) is 108 Å². The summed E-state index contributed by atoms with van der Waals surface area (Å²) in [5, 5.41) is 13.5. The van der Waals surface area contributed by atoms with Gasteiger partial charge in [0.2, 0.25) is 11.8 Å². The number of aliphatic hydroxyl groups is 1. The number of hydrogen-bond acceptors (Lipinski definition) is 7. The molecular weight excluding hydrogens is 479 g/mol. The van der Waals surface area contributed by atoms with E-state index >= 15 is 0 Å². The van der Waals surface area contributed by atoms with Crippen LogP contribution in [0.5, 0.6) is 5.88 Å². The van der Waals surface area contributed by atoms with E-state index in [0.717, 1.165) is 15.4 Å². The minimum absolute atomic E-state index is 0.0694. The maximum absolute atomic E-state index is 12.1. The van der Waals surface area contributed by atoms with Crippen molar-refractivity contribution in [1.29, 1.82) is 0 Å².